The third-order valence-corrected chi connectivity index (χ3v) is 8.98. The molecule has 178 valence electrons. The minimum atomic E-state index is -0.329. The summed E-state index contributed by atoms with van der Waals surface area (Å²) in [4.78, 5) is 49.1. The number of carbonyl (C=O) groups is 4. The normalized spacial score (nSPS) is 35.7. The van der Waals surface area contributed by atoms with Crippen LogP contribution >= 0.6 is 0 Å². The second-order valence-corrected chi connectivity index (χ2v) is 11.4. The molecule has 0 N–H and O–H groups in total. The van der Waals surface area contributed by atoms with Crippen molar-refractivity contribution in [3.8, 4) is 0 Å². The molecule has 33 heavy (non-hydrogen) atoms. The van der Waals surface area contributed by atoms with Gasteiger partial charge in [-0.3, -0.25) is 19.2 Å². The zero-order chi connectivity index (χ0) is 24.8. The van der Waals surface area contributed by atoms with E-state index in [9.17, 15) is 19.2 Å². The van der Waals surface area contributed by atoms with Crippen molar-refractivity contribution in [1.82, 2.24) is 0 Å². The molecule has 2 unspecified atom stereocenters. The maximum Gasteiger partial charge on any atom is 0.181 e. The molecule has 3 fully saturated rings. The fraction of sp³-hybridized carbons (Fsp3) is 0.586. The van der Waals surface area contributed by atoms with Crippen molar-refractivity contribution in [3.05, 3.63) is 47.1 Å². The van der Waals surface area contributed by atoms with Crippen LogP contribution in [0.15, 0.2) is 47.1 Å². The molecule has 4 atom stereocenters. The highest BCUT2D eigenvalue weighted by atomic mass is 16.1. The molecule has 3 saturated carbocycles. The Hall–Kier alpha value is -2.36. The lowest BCUT2D eigenvalue weighted by Crippen LogP contribution is -2.56. The molecule has 0 aromatic carbocycles. The lowest BCUT2D eigenvalue weighted by Gasteiger charge is -2.60. The van der Waals surface area contributed by atoms with Crippen molar-refractivity contribution in [2.75, 3.05) is 0 Å². The molecule has 4 nitrogen and oxygen atoms in total. The molecule has 0 aromatic heterocycles. The molecule has 0 radical (unpaired) electrons. The van der Waals surface area contributed by atoms with Crippen molar-refractivity contribution in [2.24, 2.45) is 28.1 Å². The second kappa shape index (κ2) is 8.77. The van der Waals surface area contributed by atoms with Crippen LogP contribution in [0, 0.1) is 28.1 Å². The summed E-state index contributed by atoms with van der Waals surface area (Å²) >= 11 is 0. The van der Waals surface area contributed by atoms with Gasteiger partial charge in [-0.05, 0) is 80.6 Å². The third-order valence-electron chi connectivity index (χ3n) is 8.98. The monoisotopic (exact) mass is 450 g/mol. The van der Waals surface area contributed by atoms with Crippen LogP contribution < -0.4 is 0 Å². The number of carbonyl (C=O) groups excluding carboxylic acids is 4. The summed E-state index contributed by atoms with van der Waals surface area (Å²) in [7, 11) is 0. The third kappa shape index (κ3) is 4.29. The molecule has 3 aliphatic rings. The predicted octanol–water partition coefficient (Wildman–Crippen LogP) is 5.92. The highest BCUT2D eigenvalue weighted by molar-refractivity contribution is 6.07. The number of fused-ring (bicyclic) bond motifs is 3. The Morgan fingerprint density at radius 3 is 2.21 bits per heavy atom. The number of rotatable bonds is 5. The topological polar surface area (TPSA) is 68.3 Å². The van der Waals surface area contributed by atoms with Crippen LogP contribution in [0.5, 0.6) is 0 Å². The number of hydrogen-bond donors (Lipinski definition) is 0. The van der Waals surface area contributed by atoms with E-state index in [0.29, 0.717) is 30.1 Å². The summed E-state index contributed by atoms with van der Waals surface area (Å²) in [6.07, 6.45) is 11.9. The van der Waals surface area contributed by atoms with Crippen LogP contribution in [0.4, 0.5) is 0 Å². The van der Waals surface area contributed by atoms with Gasteiger partial charge in [0.15, 0.2) is 17.3 Å². The van der Waals surface area contributed by atoms with Crippen molar-refractivity contribution >= 4 is 23.1 Å². The molecule has 0 amide bonds. The van der Waals surface area contributed by atoms with Gasteiger partial charge in [-0.1, -0.05) is 45.9 Å². The van der Waals surface area contributed by atoms with Gasteiger partial charge in [0.25, 0.3) is 0 Å². The minimum absolute atomic E-state index is 0.0161. The standard InChI is InChI=1S/C29H38O4/c1-18(21(31)12-11-20(3)30)9-8-10-19(2)26-22(32)17-24-28(6)16-14-25(33)27(4,5)23(28)13-15-29(24,26)7/h8-12,23-24H,13-17H2,1-7H3/b10-8+,12-11-,18-9+,26-19-/t23?,24?,28-,29-/m0/s1. The van der Waals surface area contributed by atoms with E-state index < -0.39 is 0 Å². The van der Waals surface area contributed by atoms with Gasteiger partial charge in [-0.15, -0.1) is 0 Å². The van der Waals surface area contributed by atoms with Crippen molar-refractivity contribution in [1.29, 1.82) is 0 Å². The molecule has 0 spiro atoms. The Kier molecular flexibility index (Phi) is 6.72. The highest BCUT2D eigenvalue weighted by Crippen LogP contribution is 2.68. The van der Waals surface area contributed by atoms with E-state index in [0.717, 1.165) is 30.4 Å². The minimum Gasteiger partial charge on any atom is -0.299 e. The number of Topliss-reactive ketones (excluding diaryl/α,β-unsaturated/α-hetero) is 2. The second-order valence-electron chi connectivity index (χ2n) is 11.4. The van der Waals surface area contributed by atoms with Crippen LogP contribution in [0.3, 0.4) is 0 Å². The van der Waals surface area contributed by atoms with Crippen molar-refractivity contribution in [2.45, 2.75) is 80.6 Å². The number of hydrogen-bond acceptors (Lipinski definition) is 4. The quantitative estimate of drug-likeness (QED) is 0.385. The Labute approximate surface area is 198 Å². The number of allylic oxidation sites excluding steroid dienone is 8. The van der Waals surface area contributed by atoms with Gasteiger partial charge in [-0.25, -0.2) is 0 Å². The maximum absolute atomic E-state index is 13.3. The van der Waals surface area contributed by atoms with Crippen molar-refractivity contribution < 1.29 is 19.2 Å². The lowest BCUT2D eigenvalue weighted by atomic mass is 9.43. The zero-order valence-corrected chi connectivity index (χ0v) is 21.2. The first-order chi connectivity index (χ1) is 15.2. The Balaban J connectivity index is 1.90. The van der Waals surface area contributed by atoms with Gasteiger partial charge in [0, 0.05) is 29.2 Å². The average Bonchev–Trinajstić information content (AvgIpc) is 3.00. The molecule has 3 rings (SSSR count). The van der Waals surface area contributed by atoms with Crippen LogP contribution in [-0.2, 0) is 19.2 Å². The van der Waals surface area contributed by atoms with Gasteiger partial charge in [-0.2, -0.15) is 0 Å². The Bertz CT molecular complexity index is 1020. The van der Waals surface area contributed by atoms with Gasteiger partial charge >= 0.3 is 0 Å². The van der Waals surface area contributed by atoms with E-state index in [1.54, 1.807) is 13.0 Å². The summed E-state index contributed by atoms with van der Waals surface area (Å²) in [5.74, 6) is 0.781. The van der Waals surface area contributed by atoms with Crippen LogP contribution in [-0.4, -0.2) is 23.1 Å². The summed E-state index contributed by atoms with van der Waals surface area (Å²) in [6.45, 7) is 13.9. The lowest BCUT2D eigenvalue weighted by molar-refractivity contribution is -0.154. The SMILES string of the molecule is CC(=O)/C=C\C(=O)/C(C)=C/C=C/C(C)=C1/C(=O)CC2[C@@]3(C)CCC(=O)C(C)(C)C3CC[C@]12C. The van der Waals surface area contributed by atoms with E-state index in [-0.39, 0.29) is 39.5 Å². The summed E-state index contributed by atoms with van der Waals surface area (Å²) < 4.78 is 0. The molecule has 3 aliphatic carbocycles. The molecule has 0 aliphatic heterocycles. The first-order valence-corrected chi connectivity index (χ1v) is 12.1. The maximum atomic E-state index is 13.3. The largest absolute Gasteiger partial charge is 0.299 e. The van der Waals surface area contributed by atoms with Crippen LogP contribution in [0.2, 0.25) is 0 Å². The summed E-state index contributed by atoms with van der Waals surface area (Å²) in [5, 5.41) is 0. The summed E-state index contributed by atoms with van der Waals surface area (Å²) in [6, 6.07) is 0. The van der Waals surface area contributed by atoms with Crippen LogP contribution in [0.1, 0.15) is 80.6 Å². The number of ketones is 4. The van der Waals surface area contributed by atoms with E-state index in [1.807, 2.05) is 19.1 Å². The van der Waals surface area contributed by atoms with E-state index in [1.165, 1.54) is 19.1 Å². The smallest absolute Gasteiger partial charge is 0.181 e. The Morgan fingerprint density at radius 1 is 0.909 bits per heavy atom. The van der Waals surface area contributed by atoms with Gasteiger partial charge in [0.2, 0.25) is 0 Å². The first kappa shape index (κ1) is 25.3. The molecule has 0 bridgehead atoms. The van der Waals surface area contributed by atoms with E-state index >= 15 is 0 Å². The van der Waals surface area contributed by atoms with Crippen LogP contribution in [0.25, 0.3) is 0 Å². The van der Waals surface area contributed by atoms with E-state index in [2.05, 4.69) is 27.7 Å². The highest BCUT2D eigenvalue weighted by Gasteiger charge is 2.64. The molecular weight excluding hydrogens is 412 g/mol. The zero-order valence-electron chi connectivity index (χ0n) is 21.2. The van der Waals surface area contributed by atoms with Gasteiger partial charge < -0.3 is 0 Å². The fourth-order valence-electron chi connectivity index (χ4n) is 7.21. The Morgan fingerprint density at radius 2 is 1.58 bits per heavy atom. The molecular formula is C29H38O4. The summed E-state index contributed by atoms with van der Waals surface area (Å²) in [5.41, 5.74) is 1.88. The van der Waals surface area contributed by atoms with E-state index in [4.69, 9.17) is 0 Å². The van der Waals surface area contributed by atoms with Crippen molar-refractivity contribution in [3.63, 3.8) is 0 Å². The molecule has 0 aromatic rings. The molecule has 4 heteroatoms. The first-order valence-electron chi connectivity index (χ1n) is 12.1. The average molecular weight is 451 g/mol. The molecule has 0 heterocycles. The predicted molar refractivity (Wildman–Crippen MR) is 130 cm³/mol. The van der Waals surface area contributed by atoms with Gasteiger partial charge in [0.1, 0.15) is 5.78 Å². The fourth-order valence-corrected chi connectivity index (χ4v) is 7.21. The van der Waals surface area contributed by atoms with Gasteiger partial charge in [0.05, 0.1) is 0 Å². The molecule has 0 saturated heterocycles.